The lowest BCUT2D eigenvalue weighted by Crippen LogP contribution is -2.25. The number of hydrogen-bond donors (Lipinski definition) is 2. The van der Waals surface area contributed by atoms with Crippen LogP contribution >= 0.6 is 0 Å². The van der Waals surface area contributed by atoms with Crippen molar-refractivity contribution in [3.8, 4) is 33.7 Å². The normalized spacial score (nSPS) is 11.8. The largest absolute Gasteiger partial charge is 0.455 e. The highest BCUT2D eigenvalue weighted by Gasteiger charge is 2.26. The molecular formula is C33H28F2N4O5S. The fraction of sp³-hybridized carbons (Fsp3) is 0.152. The summed E-state index contributed by atoms with van der Waals surface area (Å²) in [4.78, 5) is 29.8. The maximum atomic E-state index is 13.7. The molecule has 0 saturated heterocycles. The molecule has 9 nitrogen and oxygen atoms in total. The number of halogens is 2. The monoisotopic (exact) mass is 630 g/mol. The molecule has 6 aromatic rings. The van der Waals surface area contributed by atoms with Gasteiger partial charge in [-0.05, 0) is 54.1 Å². The van der Waals surface area contributed by atoms with E-state index in [-0.39, 0.29) is 33.7 Å². The van der Waals surface area contributed by atoms with E-state index in [9.17, 15) is 26.8 Å². The van der Waals surface area contributed by atoms with Crippen LogP contribution in [0.1, 0.15) is 15.9 Å². The van der Waals surface area contributed by atoms with Gasteiger partial charge >= 0.3 is 0 Å². The van der Waals surface area contributed by atoms with Gasteiger partial charge in [0.15, 0.2) is 0 Å². The van der Waals surface area contributed by atoms with Gasteiger partial charge in [0, 0.05) is 66.4 Å². The number of carbonyl (C=O) groups is 1. The minimum atomic E-state index is -3.78. The third kappa shape index (κ3) is 5.16. The second kappa shape index (κ2) is 11.0. The zero-order valence-electron chi connectivity index (χ0n) is 24.7. The SMILES string of the molecule is CNC(=O)c1c(-c2ccc(F)cc2)oc2cc(N(C)S(C)(=O)=O)c(-c3cc(-c4cc5c(CF)cccc5[nH]4)c(=O)n(C)c3)cc12. The number of carbonyl (C=O) groups excluding carboxylic acids is 1. The van der Waals surface area contributed by atoms with Crippen molar-refractivity contribution >= 4 is 43.5 Å². The van der Waals surface area contributed by atoms with Crippen molar-refractivity contribution in [2.24, 2.45) is 7.05 Å². The molecule has 0 unspecified atom stereocenters. The second-order valence-electron chi connectivity index (χ2n) is 10.7. The molecule has 0 aliphatic carbocycles. The average molecular weight is 631 g/mol. The summed E-state index contributed by atoms with van der Waals surface area (Å²) in [5.74, 6) is -0.749. The summed E-state index contributed by atoms with van der Waals surface area (Å²) in [5.41, 5.74) is 3.47. The van der Waals surface area contributed by atoms with Crippen LogP contribution in [0.15, 0.2) is 82.1 Å². The molecule has 0 atom stereocenters. The Bertz CT molecular complexity index is 2300. The number of nitrogens with one attached hydrogen (secondary N) is 2. The van der Waals surface area contributed by atoms with E-state index in [1.165, 1.54) is 49.0 Å². The maximum absolute atomic E-state index is 13.7. The summed E-state index contributed by atoms with van der Waals surface area (Å²) in [6.07, 6.45) is 2.63. The van der Waals surface area contributed by atoms with Crippen molar-refractivity contribution in [3.63, 3.8) is 0 Å². The van der Waals surface area contributed by atoms with Crippen molar-refractivity contribution < 1.29 is 26.4 Å². The first-order chi connectivity index (χ1) is 21.4. The number of hydrogen-bond acceptors (Lipinski definition) is 5. The zero-order chi connectivity index (χ0) is 32.2. The Morgan fingerprint density at radius 3 is 2.42 bits per heavy atom. The van der Waals surface area contributed by atoms with Crippen LogP contribution in [0.3, 0.4) is 0 Å². The first-order valence-electron chi connectivity index (χ1n) is 13.8. The first kappa shape index (κ1) is 29.8. The number of fused-ring (bicyclic) bond motifs is 2. The molecule has 3 aromatic carbocycles. The average Bonchev–Trinajstić information content (AvgIpc) is 3.62. The van der Waals surface area contributed by atoms with Crippen LogP contribution in [0.25, 0.3) is 55.6 Å². The number of aryl methyl sites for hydroxylation is 1. The smallest absolute Gasteiger partial charge is 0.259 e. The summed E-state index contributed by atoms with van der Waals surface area (Å²) in [6.45, 7) is -0.674. The Balaban J connectivity index is 1.65. The summed E-state index contributed by atoms with van der Waals surface area (Å²) in [6, 6.07) is 17.2. The molecule has 3 heterocycles. The number of benzene rings is 3. The number of amides is 1. The van der Waals surface area contributed by atoms with Crippen LogP contribution in [0.5, 0.6) is 0 Å². The van der Waals surface area contributed by atoms with Gasteiger partial charge in [-0.3, -0.25) is 13.9 Å². The summed E-state index contributed by atoms with van der Waals surface area (Å²) in [7, 11) is 0.652. The van der Waals surface area contributed by atoms with Gasteiger partial charge in [-0.2, -0.15) is 0 Å². The summed E-state index contributed by atoms with van der Waals surface area (Å²) < 4.78 is 61.6. The van der Waals surface area contributed by atoms with E-state index in [1.54, 1.807) is 49.6 Å². The van der Waals surface area contributed by atoms with Gasteiger partial charge in [0.2, 0.25) is 10.0 Å². The molecular weight excluding hydrogens is 602 g/mol. The van der Waals surface area contributed by atoms with Gasteiger partial charge in [0.05, 0.1) is 28.8 Å². The maximum Gasteiger partial charge on any atom is 0.259 e. The van der Waals surface area contributed by atoms with Crippen molar-refractivity contribution in [1.82, 2.24) is 14.9 Å². The van der Waals surface area contributed by atoms with E-state index in [0.717, 1.165) is 10.6 Å². The topological polar surface area (TPSA) is 117 Å². The Morgan fingerprint density at radius 2 is 1.76 bits per heavy atom. The minimum Gasteiger partial charge on any atom is -0.455 e. The molecule has 12 heteroatoms. The lowest BCUT2D eigenvalue weighted by Gasteiger charge is -2.21. The number of alkyl halides is 1. The van der Waals surface area contributed by atoms with E-state index < -0.39 is 28.4 Å². The fourth-order valence-corrected chi connectivity index (χ4v) is 6.00. The lowest BCUT2D eigenvalue weighted by molar-refractivity contribution is 0.0964. The van der Waals surface area contributed by atoms with Crippen molar-refractivity contribution in [3.05, 3.63) is 100 Å². The number of aromatic amines is 1. The van der Waals surface area contributed by atoms with Crippen LogP contribution in [0, 0.1) is 5.82 Å². The lowest BCUT2D eigenvalue weighted by atomic mass is 9.98. The Hall–Kier alpha value is -5.23. The highest BCUT2D eigenvalue weighted by Crippen LogP contribution is 2.42. The minimum absolute atomic E-state index is 0.174. The van der Waals surface area contributed by atoms with Crippen LogP contribution in [0.4, 0.5) is 14.5 Å². The molecule has 0 fully saturated rings. The van der Waals surface area contributed by atoms with E-state index in [2.05, 4.69) is 10.3 Å². The second-order valence-corrected chi connectivity index (χ2v) is 12.8. The zero-order valence-corrected chi connectivity index (χ0v) is 25.6. The van der Waals surface area contributed by atoms with E-state index >= 15 is 0 Å². The van der Waals surface area contributed by atoms with Gasteiger partial charge in [0.1, 0.15) is 23.8 Å². The Morgan fingerprint density at radius 1 is 1.02 bits per heavy atom. The van der Waals surface area contributed by atoms with Gasteiger partial charge in [-0.25, -0.2) is 17.2 Å². The van der Waals surface area contributed by atoms with Crippen LogP contribution < -0.4 is 15.2 Å². The number of furan rings is 1. The molecule has 0 aliphatic rings. The number of anilines is 1. The van der Waals surface area contributed by atoms with E-state index in [4.69, 9.17) is 4.42 Å². The molecule has 230 valence electrons. The highest BCUT2D eigenvalue weighted by atomic mass is 32.2. The number of sulfonamides is 1. The quantitative estimate of drug-likeness (QED) is 0.225. The first-order valence-corrected chi connectivity index (χ1v) is 15.7. The predicted molar refractivity (Wildman–Crippen MR) is 171 cm³/mol. The molecule has 3 aromatic heterocycles. The van der Waals surface area contributed by atoms with Crippen molar-refractivity contribution in [2.75, 3.05) is 24.7 Å². The standard InChI is InChI=1S/C33H28F2N4O5S/c1-36-32(40)30-25-13-23(28(39(3)45(4,42)43)15-29(25)44-31(30)18-8-10-21(35)11-9-18)20-12-24(33(41)38(2)17-20)27-14-22-19(16-34)6-5-7-26(22)37-27/h5-15,17,37H,16H2,1-4H3,(H,36,40). The number of pyridine rings is 1. The molecule has 0 aliphatic heterocycles. The van der Waals surface area contributed by atoms with Gasteiger partial charge < -0.3 is 19.3 Å². The molecule has 0 spiro atoms. The number of aromatic nitrogens is 2. The molecule has 6 rings (SSSR count). The molecule has 1 amide bonds. The molecule has 45 heavy (non-hydrogen) atoms. The Labute approximate surface area is 256 Å². The van der Waals surface area contributed by atoms with Crippen LogP contribution in [0.2, 0.25) is 0 Å². The molecule has 0 bridgehead atoms. The molecule has 0 radical (unpaired) electrons. The predicted octanol–water partition coefficient (Wildman–Crippen LogP) is 5.98. The van der Waals surface area contributed by atoms with Gasteiger partial charge in [-0.1, -0.05) is 12.1 Å². The van der Waals surface area contributed by atoms with Crippen LogP contribution in [-0.2, 0) is 23.7 Å². The molecule has 0 saturated carbocycles. The third-order valence-electron chi connectivity index (χ3n) is 7.89. The summed E-state index contributed by atoms with van der Waals surface area (Å²) >= 11 is 0. The molecule has 2 N–H and O–H groups in total. The summed E-state index contributed by atoms with van der Waals surface area (Å²) in [5, 5.41) is 3.64. The number of rotatable bonds is 7. The Kier molecular flexibility index (Phi) is 7.32. The van der Waals surface area contributed by atoms with Crippen LogP contribution in [-0.4, -0.2) is 44.2 Å². The van der Waals surface area contributed by atoms with Gasteiger partial charge in [0.25, 0.3) is 11.5 Å². The third-order valence-corrected chi connectivity index (χ3v) is 9.08. The van der Waals surface area contributed by atoms with Crippen molar-refractivity contribution in [1.29, 1.82) is 0 Å². The highest BCUT2D eigenvalue weighted by molar-refractivity contribution is 7.92. The fourth-order valence-electron chi connectivity index (χ4n) is 5.49. The van der Waals surface area contributed by atoms with E-state index in [0.29, 0.717) is 44.2 Å². The number of nitrogens with zero attached hydrogens (tertiary/aromatic N) is 2. The number of H-pyrrole nitrogens is 1. The van der Waals surface area contributed by atoms with E-state index in [1.807, 2.05) is 0 Å². The van der Waals surface area contributed by atoms with Crippen molar-refractivity contribution in [2.45, 2.75) is 6.67 Å². The van der Waals surface area contributed by atoms with Gasteiger partial charge in [-0.15, -0.1) is 0 Å².